The Morgan fingerprint density at radius 2 is 2.12 bits per heavy atom. The monoisotopic (exact) mass is 340 g/mol. The largest absolute Gasteiger partial charge is 0.424 e. The van der Waals surface area contributed by atoms with E-state index >= 15 is 0 Å². The Hall–Kier alpha value is -2.36. The summed E-state index contributed by atoms with van der Waals surface area (Å²) in [6.45, 7) is 2.00. The third-order valence-corrected chi connectivity index (χ3v) is 3.83. The Morgan fingerprint density at radius 1 is 1.29 bits per heavy atom. The Morgan fingerprint density at radius 3 is 2.79 bits per heavy atom. The van der Waals surface area contributed by atoms with Gasteiger partial charge in [0.05, 0.1) is 6.54 Å². The highest BCUT2D eigenvalue weighted by atomic mass is 19.3. The summed E-state index contributed by atoms with van der Waals surface area (Å²) in [7, 11) is 0. The Kier molecular flexibility index (Phi) is 4.84. The maximum absolute atomic E-state index is 12.6. The maximum Gasteiger partial charge on any atom is 0.333 e. The number of aromatic nitrogens is 4. The molecule has 0 spiro atoms. The molecule has 10 heteroatoms. The van der Waals surface area contributed by atoms with E-state index in [0.29, 0.717) is 42.6 Å². The molecule has 1 saturated heterocycles. The van der Waals surface area contributed by atoms with Crippen molar-refractivity contribution in [3.63, 3.8) is 0 Å². The van der Waals surface area contributed by atoms with Gasteiger partial charge < -0.3 is 9.32 Å². The molecule has 1 amide bonds. The molecular formula is C14H18F2N6O2. The van der Waals surface area contributed by atoms with Gasteiger partial charge in [-0.3, -0.25) is 9.69 Å². The van der Waals surface area contributed by atoms with E-state index in [1.807, 2.05) is 0 Å². The third-order valence-electron chi connectivity index (χ3n) is 3.83. The molecule has 1 aliphatic heterocycles. The van der Waals surface area contributed by atoms with Crippen molar-refractivity contribution in [3.05, 3.63) is 29.7 Å². The van der Waals surface area contributed by atoms with Crippen LogP contribution in [0.15, 0.2) is 16.7 Å². The van der Waals surface area contributed by atoms with Gasteiger partial charge in [0.15, 0.2) is 5.69 Å². The van der Waals surface area contributed by atoms with Crippen molar-refractivity contribution in [2.24, 2.45) is 0 Å². The van der Waals surface area contributed by atoms with E-state index in [1.165, 1.54) is 6.07 Å². The first kappa shape index (κ1) is 16.5. The van der Waals surface area contributed by atoms with Crippen LogP contribution in [0.25, 0.3) is 0 Å². The molecule has 3 heterocycles. The Balaban J connectivity index is 1.59. The summed E-state index contributed by atoms with van der Waals surface area (Å²) in [4.78, 5) is 16.2. The van der Waals surface area contributed by atoms with E-state index in [9.17, 15) is 13.6 Å². The standard InChI is InChI=1S/C14H18F2N6O2/c1-10-17-18-12(24-10)9-20-4-2-5-21(8-7-20)13(23)11-3-6-22(19-11)14(15)16/h3,6,14H,2,4-5,7-9H2,1H3. The van der Waals surface area contributed by atoms with E-state index in [-0.39, 0.29) is 11.6 Å². The number of rotatable bonds is 4. The Labute approximate surface area is 137 Å². The number of halogens is 2. The van der Waals surface area contributed by atoms with Crippen molar-refractivity contribution in [1.29, 1.82) is 0 Å². The van der Waals surface area contributed by atoms with Crippen molar-refractivity contribution in [2.75, 3.05) is 26.2 Å². The summed E-state index contributed by atoms with van der Waals surface area (Å²) >= 11 is 0. The summed E-state index contributed by atoms with van der Waals surface area (Å²) in [6.07, 6.45) is 1.88. The lowest BCUT2D eigenvalue weighted by atomic mass is 10.3. The number of carbonyl (C=O) groups excluding carboxylic acids is 1. The van der Waals surface area contributed by atoms with Crippen molar-refractivity contribution < 1.29 is 18.0 Å². The van der Waals surface area contributed by atoms with Crippen molar-refractivity contribution in [1.82, 2.24) is 29.8 Å². The Bertz CT molecular complexity index is 701. The number of amides is 1. The van der Waals surface area contributed by atoms with Crippen LogP contribution in [-0.4, -0.2) is 61.9 Å². The minimum atomic E-state index is -2.75. The molecule has 0 bridgehead atoms. The predicted octanol–water partition coefficient (Wildman–Crippen LogP) is 1.32. The second-order valence-corrected chi connectivity index (χ2v) is 5.60. The van der Waals surface area contributed by atoms with Crippen LogP contribution in [0.3, 0.4) is 0 Å². The smallest absolute Gasteiger partial charge is 0.333 e. The van der Waals surface area contributed by atoms with E-state index in [2.05, 4.69) is 20.2 Å². The number of carbonyl (C=O) groups is 1. The van der Waals surface area contributed by atoms with E-state index < -0.39 is 6.55 Å². The van der Waals surface area contributed by atoms with E-state index in [1.54, 1.807) is 11.8 Å². The molecule has 0 unspecified atom stereocenters. The highest BCUT2D eigenvalue weighted by molar-refractivity contribution is 5.92. The molecule has 2 aromatic heterocycles. The molecule has 24 heavy (non-hydrogen) atoms. The second kappa shape index (κ2) is 7.04. The fraction of sp³-hybridized carbons (Fsp3) is 0.571. The van der Waals surface area contributed by atoms with Gasteiger partial charge in [0.1, 0.15) is 0 Å². The molecule has 0 aromatic carbocycles. The summed E-state index contributed by atoms with van der Waals surface area (Å²) in [5, 5.41) is 11.4. The summed E-state index contributed by atoms with van der Waals surface area (Å²) < 4.78 is 31.0. The summed E-state index contributed by atoms with van der Waals surface area (Å²) in [5.41, 5.74) is 0.0382. The van der Waals surface area contributed by atoms with Gasteiger partial charge >= 0.3 is 6.55 Å². The lowest BCUT2D eigenvalue weighted by Crippen LogP contribution is -2.35. The molecule has 8 nitrogen and oxygen atoms in total. The first-order valence-electron chi connectivity index (χ1n) is 7.67. The first-order chi connectivity index (χ1) is 11.5. The van der Waals surface area contributed by atoms with Crippen LogP contribution in [0.2, 0.25) is 0 Å². The molecule has 0 saturated carbocycles. The summed E-state index contributed by atoms with van der Waals surface area (Å²) in [6, 6.07) is 1.32. The molecule has 0 radical (unpaired) electrons. The van der Waals surface area contributed by atoms with Gasteiger partial charge in [-0.1, -0.05) is 0 Å². The molecule has 0 N–H and O–H groups in total. The first-order valence-corrected chi connectivity index (χ1v) is 7.67. The zero-order valence-electron chi connectivity index (χ0n) is 13.2. The van der Waals surface area contributed by atoms with Crippen LogP contribution in [0.1, 0.15) is 35.2 Å². The van der Waals surface area contributed by atoms with Crippen LogP contribution in [0.4, 0.5) is 8.78 Å². The fourth-order valence-corrected chi connectivity index (χ4v) is 2.65. The summed E-state index contributed by atoms with van der Waals surface area (Å²) in [5.74, 6) is 0.735. The molecule has 3 rings (SSSR count). The second-order valence-electron chi connectivity index (χ2n) is 5.60. The van der Waals surface area contributed by atoms with Crippen molar-refractivity contribution in [3.8, 4) is 0 Å². The van der Waals surface area contributed by atoms with Crippen LogP contribution in [-0.2, 0) is 6.54 Å². The number of hydrogen-bond acceptors (Lipinski definition) is 6. The van der Waals surface area contributed by atoms with Gasteiger partial charge in [-0.25, -0.2) is 4.68 Å². The van der Waals surface area contributed by atoms with Crippen molar-refractivity contribution >= 4 is 5.91 Å². The molecule has 2 aromatic rings. The van der Waals surface area contributed by atoms with E-state index in [0.717, 1.165) is 19.2 Å². The van der Waals surface area contributed by atoms with Gasteiger partial charge in [0.25, 0.3) is 5.91 Å². The van der Waals surface area contributed by atoms with E-state index in [4.69, 9.17) is 4.42 Å². The molecule has 1 aliphatic rings. The van der Waals surface area contributed by atoms with Crippen LogP contribution in [0, 0.1) is 6.92 Å². The quantitative estimate of drug-likeness (QED) is 0.835. The van der Waals surface area contributed by atoms with Gasteiger partial charge in [-0.15, -0.1) is 10.2 Å². The van der Waals surface area contributed by atoms with Crippen molar-refractivity contribution in [2.45, 2.75) is 26.4 Å². The number of aryl methyl sites for hydroxylation is 1. The average Bonchev–Trinajstić information content (AvgIpc) is 3.12. The maximum atomic E-state index is 12.6. The van der Waals surface area contributed by atoms with Crippen LogP contribution >= 0.6 is 0 Å². The minimum Gasteiger partial charge on any atom is -0.424 e. The fourth-order valence-electron chi connectivity index (χ4n) is 2.65. The van der Waals surface area contributed by atoms with Gasteiger partial charge in [-0.05, 0) is 12.5 Å². The minimum absolute atomic E-state index is 0.0382. The lowest BCUT2D eigenvalue weighted by molar-refractivity contribution is 0.0552. The number of nitrogens with zero attached hydrogens (tertiary/aromatic N) is 6. The third kappa shape index (κ3) is 3.75. The topological polar surface area (TPSA) is 80.3 Å². The predicted molar refractivity (Wildman–Crippen MR) is 78.3 cm³/mol. The van der Waals surface area contributed by atoms with Gasteiger partial charge in [0.2, 0.25) is 11.8 Å². The number of alkyl halides is 2. The van der Waals surface area contributed by atoms with Crippen LogP contribution in [0.5, 0.6) is 0 Å². The zero-order chi connectivity index (χ0) is 17.1. The normalized spacial score (nSPS) is 16.6. The lowest BCUT2D eigenvalue weighted by Gasteiger charge is -2.20. The SMILES string of the molecule is Cc1nnc(CN2CCCN(C(=O)c3ccn(C(F)F)n3)CC2)o1. The molecule has 1 fully saturated rings. The average molecular weight is 340 g/mol. The molecule has 130 valence electrons. The molecular weight excluding hydrogens is 322 g/mol. The number of hydrogen-bond donors (Lipinski definition) is 0. The highest BCUT2D eigenvalue weighted by Gasteiger charge is 2.23. The zero-order valence-corrected chi connectivity index (χ0v) is 13.2. The van der Waals surface area contributed by atoms with Crippen LogP contribution < -0.4 is 0 Å². The highest BCUT2D eigenvalue weighted by Crippen LogP contribution is 2.13. The van der Waals surface area contributed by atoms with Gasteiger partial charge in [-0.2, -0.15) is 13.9 Å². The molecule has 0 aliphatic carbocycles. The molecule has 0 atom stereocenters. The van der Waals surface area contributed by atoms with Gasteiger partial charge in [0, 0.05) is 39.3 Å².